The van der Waals surface area contributed by atoms with E-state index in [1.165, 1.54) is 12.1 Å². The molecule has 1 heterocycles. The van der Waals surface area contributed by atoms with Crippen LogP contribution < -0.4 is 0 Å². The van der Waals surface area contributed by atoms with Gasteiger partial charge in [-0.05, 0) is 48.5 Å². The van der Waals surface area contributed by atoms with Gasteiger partial charge < -0.3 is 9.52 Å². The summed E-state index contributed by atoms with van der Waals surface area (Å²) in [5.41, 5.74) is 2.52. The zero-order chi connectivity index (χ0) is 16.7. The van der Waals surface area contributed by atoms with Gasteiger partial charge in [0.15, 0.2) is 5.78 Å². The molecule has 118 valence electrons. The van der Waals surface area contributed by atoms with Crippen LogP contribution in [0.3, 0.4) is 0 Å². The first-order valence-electron chi connectivity index (χ1n) is 7.54. The van der Waals surface area contributed by atoms with E-state index in [1.54, 1.807) is 48.5 Å². The van der Waals surface area contributed by atoms with Crippen LogP contribution in [0.15, 0.2) is 64.6 Å². The molecule has 24 heavy (non-hydrogen) atoms. The van der Waals surface area contributed by atoms with Crippen LogP contribution in [0.5, 0.6) is 5.75 Å². The number of ketones is 1. The van der Waals surface area contributed by atoms with E-state index < -0.39 is 0 Å². The number of allylic oxidation sites excluding steroid dienone is 1. The minimum Gasteiger partial charge on any atom is -0.508 e. The Bertz CT molecular complexity index is 965. The van der Waals surface area contributed by atoms with Gasteiger partial charge in [0.2, 0.25) is 0 Å². The number of rotatable bonds is 2. The number of hydrogen-bond donors (Lipinski definition) is 1. The highest BCUT2D eigenvalue weighted by Crippen LogP contribution is 2.34. The van der Waals surface area contributed by atoms with Gasteiger partial charge in [0.25, 0.3) is 0 Å². The molecule has 4 rings (SSSR count). The highest BCUT2D eigenvalue weighted by Gasteiger charge is 2.27. The Hall–Kier alpha value is -3.14. The largest absolute Gasteiger partial charge is 0.508 e. The molecule has 3 aromatic rings. The second-order valence-corrected chi connectivity index (χ2v) is 5.69. The normalized spacial score (nSPS) is 15.0. The fourth-order valence-electron chi connectivity index (χ4n) is 2.90. The Kier molecular flexibility index (Phi) is 3.31. The first-order valence-corrected chi connectivity index (χ1v) is 7.54. The Balaban J connectivity index is 1.65. The van der Waals surface area contributed by atoms with E-state index in [9.17, 15) is 14.3 Å². The Morgan fingerprint density at radius 2 is 1.83 bits per heavy atom. The molecule has 1 aromatic heterocycles. The minimum absolute atomic E-state index is 0.0966. The van der Waals surface area contributed by atoms with E-state index in [2.05, 4.69) is 0 Å². The van der Waals surface area contributed by atoms with Crippen molar-refractivity contribution in [3.63, 3.8) is 0 Å². The molecular weight excluding hydrogens is 307 g/mol. The molecular formula is C20H13FO3. The molecule has 3 nitrogen and oxygen atoms in total. The maximum absolute atomic E-state index is 13.0. The van der Waals surface area contributed by atoms with Crippen molar-refractivity contribution in [3.8, 4) is 17.1 Å². The number of carbonyl (C=O) groups excluding carboxylic acids is 1. The molecule has 4 heteroatoms. The molecule has 1 aliphatic rings. The predicted octanol–water partition coefficient (Wildman–Crippen LogP) is 4.61. The van der Waals surface area contributed by atoms with Gasteiger partial charge in [-0.2, -0.15) is 0 Å². The molecule has 0 saturated carbocycles. The van der Waals surface area contributed by atoms with Crippen LogP contribution >= 0.6 is 0 Å². The van der Waals surface area contributed by atoms with Gasteiger partial charge in [-0.1, -0.05) is 12.1 Å². The van der Waals surface area contributed by atoms with Crippen molar-refractivity contribution in [1.82, 2.24) is 0 Å². The first-order chi connectivity index (χ1) is 11.6. The summed E-state index contributed by atoms with van der Waals surface area (Å²) in [6.45, 7) is 0. The molecule has 0 radical (unpaired) electrons. The molecule has 0 fully saturated rings. The number of carbonyl (C=O) groups is 1. The first kappa shape index (κ1) is 14.5. The monoisotopic (exact) mass is 320 g/mol. The minimum atomic E-state index is -0.304. The molecule has 2 aromatic carbocycles. The van der Waals surface area contributed by atoms with Crippen LogP contribution in [0.4, 0.5) is 4.39 Å². The number of hydrogen-bond acceptors (Lipinski definition) is 3. The SMILES string of the molecule is O=C1C(=Cc2ccc(-c3ccc(F)cc3)o2)Cc2c(O)cccc21. The summed E-state index contributed by atoms with van der Waals surface area (Å²) in [7, 11) is 0. The second-order valence-electron chi connectivity index (χ2n) is 5.69. The van der Waals surface area contributed by atoms with Gasteiger partial charge in [0.1, 0.15) is 23.1 Å². The smallest absolute Gasteiger partial charge is 0.189 e. The van der Waals surface area contributed by atoms with E-state index in [0.717, 1.165) is 5.56 Å². The summed E-state index contributed by atoms with van der Waals surface area (Å²) in [5, 5.41) is 9.87. The van der Waals surface area contributed by atoms with Crippen LogP contribution in [-0.4, -0.2) is 10.9 Å². The van der Waals surface area contributed by atoms with Gasteiger partial charge in [-0.15, -0.1) is 0 Å². The lowest BCUT2D eigenvalue weighted by atomic mass is 10.1. The highest BCUT2D eigenvalue weighted by atomic mass is 19.1. The average molecular weight is 320 g/mol. The van der Waals surface area contributed by atoms with E-state index in [0.29, 0.717) is 34.6 Å². The zero-order valence-electron chi connectivity index (χ0n) is 12.6. The van der Waals surface area contributed by atoms with Gasteiger partial charge in [-0.3, -0.25) is 4.79 Å². The summed E-state index contributed by atoms with van der Waals surface area (Å²) in [4.78, 5) is 12.4. The Labute approximate surface area is 137 Å². The van der Waals surface area contributed by atoms with Crippen molar-refractivity contribution >= 4 is 11.9 Å². The summed E-state index contributed by atoms with van der Waals surface area (Å²) in [6.07, 6.45) is 2.07. The van der Waals surface area contributed by atoms with Crippen molar-refractivity contribution < 1.29 is 18.7 Å². The van der Waals surface area contributed by atoms with Gasteiger partial charge in [-0.25, -0.2) is 4.39 Å². The number of furan rings is 1. The molecule has 0 amide bonds. The Morgan fingerprint density at radius 1 is 1.04 bits per heavy atom. The van der Waals surface area contributed by atoms with Gasteiger partial charge >= 0.3 is 0 Å². The van der Waals surface area contributed by atoms with E-state index in [1.807, 2.05) is 0 Å². The quantitative estimate of drug-likeness (QED) is 0.701. The maximum atomic E-state index is 13.0. The summed E-state index contributed by atoms with van der Waals surface area (Å²) < 4.78 is 18.7. The van der Waals surface area contributed by atoms with E-state index in [4.69, 9.17) is 4.42 Å². The number of benzene rings is 2. The number of phenols is 1. The van der Waals surface area contributed by atoms with Gasteiger partial charge in [0, 0.05) is 28.7 Å². The third-order valence-electron chi connectivity index (χ3n) is 4.13. The fourth-order valence-corrected chi connectivity index (χ4v) is 2.90. The third-order valence-corrected chi connectivity index (χ3v) is 4.13. The molecule has 1 N–H and O–H groups in total. The van der Waals surface area contributed by atoms with E-state index >= 15 is 0 Å². The van der Waals surface area contributed by atoms with Crippen LogP contribution in [0, 0.1) is 5.82 Å². The van der Waals surface area contributed by atoms with Crippen molar-refractivity contribution in [2.24, 2.45) is 0 Å². The van der Waals surface area contributed by atoms with E-state index in [-0.39, 0.29) is 17.3 Å². The van der Waals surface area contributed by atoms with Crippen LogP contribution in [-0.2, 0) is 6.42 Å². The standard InChI is InChI=1S/C20H13FO3/c21-14-6-4-12(5-7-14)19-9-8-15(24-19)10-13-11-17-16(20(13)23)2-1-3-18(17)22/h1-10,22H,11H2. The number of halogens is 1. The third kappa shape index (κ3) is 2.42. The topological polar surface area (TPSA) is 50.4 Å². The highest BCUT2D eigenvalue weighted by molar-refractivity contribution is 6.15. The Morgan fingerprint density at radius 3 is 2.58 bits per heavy atom. The van der Waals surface area contributed by atoms with Crippen molar-refractivity contribution in [3.05, 3.63) is 82.9 Å². The predicted molar refractivity (Wildman–Crippen MR) is 88.2 cm³/mol. The summed E-state index contributed by atoms with van der Waals surface area (Å²) in [6, 6.07) is 14.5. The lowest BCUT2D eigenvalue weighted by Gasteiger charge is -1.97. The summed E-state index contributed by atoms with van der Waals surface area (Å²) in [5.74, 6) is 0.885. The number of Topliss-reactive ketones (excluding diaryl/α,β-unsaturated/α-hetero) is 1. The summed E-state index contributed by atoms with van der Waals surface area (Å²) >= 11 is 0. The molecule has 1 aliphatic carbocycles. The maximum Gasteiger partial charge on any atom is 0.189 e. The molecule has 0 saturated heterocycles. The van der Waals surface area contributed by atoms with Crippen molar-refractivity contribution in [1.29, 1.82) is 0 Å². The molecule has 0 spiro atoms. The van der Waals surface area contributed by atoms with Crippen molar-refractivity contribution in [2.75, 3.05) is 0 Å². The average Bonchev–Trinajstić information content (AvgIpc) is 3.16. The van der Waals surface area contributed by atoms with Crippen LogP contribution in [0.1, 0.15) is 21.7 Å². The number of phenolic OH excluding ortho intramolecular Hbond substituents is 1. The zero-order valence-corrected chi connectivity index (χ0v) is 12.6. The lowest BCUT2D eigenvalue weighted by Crippen LogP contribution is -1.94. The molecule has 0 aliphatic heterocycles. The van der Waals surface area contributed by atoms with Crippen LogP contribution in [0.25, 0.3) is 17.4 Å². The number of aromatic hydroxyl groups is 1. The lowest BCUT2D eigenvalue weighted by molar-refractivity contribution is 0.104. The molecule has 0 bridgehead atoms. The van der Waals surface area contributed by atoms with Crippen molar-refractivity contribution in [2.45, 2.75) is 6.42 Å². The second kappa shape index (κ2) is 5.49. The molecule has 0 unspecified atom stereocenters. The number of fused-ring (bicyclic) bond motifs is 1. The fraction of sp³-hybridized carbons (Fsp3) is 0.0500. The van der Waals surface area contributed by atoms with Gasteiger partial charge in [0.05, 0.1) is 0 Å². The van der Waals surface area contributed by atoms with Crippen LogP contribution in [0.2, 0.25) is 0 Å². The molecule has 0 atom stereocenters.